The molecule has 1 aromatic heterocycles. The fraction of sp³-hybridized carbons (Fsp3) is 0.583. The van der Waals surface area contributed by atoms with Crippen molar-refractivity contribution in [3.63, 3.8) is 0 Å². The van der Waals surface area contributed by atoms with Gasteiger partial charge in [0.05, 0.1) is 6.04 Å². The smallest absolute Gasteiger partial charge is 0.434 e. The number of piperazine rings is 3. The molecule has 3 aliphatic heterocycles. The predicted molar refractivity (Wildman–Crippen MR) is 64.7 cm³/mol. The second-order valence-corrected chi connectivity index (χ2v) is 5.15. The maximum absolute atomic E-state index is 13.0. The molecule has 1 aromatic rings. The average Bonchev–Trinajstić information content (AvgIpc) is 2.46. The van der Waals surface area contributed by atoms with Crippen LogP contribution in [-0.4, -0.2) is 63.6 Å². The summed E-state index contributed by atoms with van der Waals surface area (Å²) in [7, 11) is 0. The van der Waals surface area contributed by atoms with Crippen molar-refractivity contribution in [1.29, 1.82) is 0 Å². The molecule has 1 N–H and O–H groups in total. The molecule has 0 amide bonds. The second-order valence-electron chi connectivity index (χ2n) is 5.15. The van der Waals surface area contributed by atoms with Crippen molar-refractivity contribution >= 4 is 5.97 Å². The van der Waals surface area contributed by atoms with Crippen LogP contribution in [0, 0.1) is 0 Å². The van der Waals surface area contributed by atoms with Crippen LogP contribution in [0.15, 0.2) is 6.20 Å². The van der Waals surface area contributed by atoms with Gasteiger partial charge in [0.25, 0.3) is 0 Å². The zero-order chi connectivity index (χ0) is 15.2. The third-order valence-corrected chi connectivity index (χ3v) is 3.88. The number of nitrogens with zero attached hydrogens (tertiary/aromatic N) is 4. The number of hydrogen-bond donors (Lipinski definition) is 1. The maximum atomic E-state index is 13.0. The first-order valence-electron chi connectivity index (χ1n) is 6.50. The number of aromatic nitrogens is 2. The van der Waals surface area contributed by atoms with Gasteiger partial charge in [-0.3, -0.25) is 9.80 Å². The molecule has 4 heterocycles. The van der Waals surface area contributed by atoms with Crippen LogP contribution in [0.25, 0.3) is 0 Å². The number of fused-ring (bicyclic) bond motifs is 3. The molecule has 0 aromatic carbocycles. The van der Waals surface area contributed by atoms with Crippen LogP contribution in [-0.2, 0) is 6.18 Å². The Morgan fingerprint density at radius 3 is 2.43 bits per heavy atom. The fourth-order valence-electron chi connectivity index (χ4n) is 2.79. The van der Waals surface area contributed by atoms with Crippen LogP contribution < -0.4 is 0 Å². The highest BCUT2D eigenvalue weighted by atomic mass is 19.4. The van der Waals surface area contributed by atoms with Gasteiger partial charge in [-0.25, -0.2) is 14.8 Å². The van der Waals surface area contributed by atoms with E-state index in [0.29, 0.717) is 6.54 Å². The summed E-state index contributed by atoms with van der Waals surface area (Å²) in [6.45, 7) is 3.86. The lowest BCUT2D eigenvalue weighted by molar-refractivity contribution is -0.142. The Morgan fingerprint density at radius 1 is 1.29 bits per heavy atom. The zero-order valence-electron chi connectivity index (χ0n) is 11.0. The van der Waals surface area contributed by atoms with E-state index in [1.807, 2.05) is 4.90 Å². The number of hydrogen-bond acceptors (Lipinski definition) is 5. The van der Waals surface area contributed by atoms with Gasteiger partial charge in [0, 0.05) is 38.9 Å². The molecule has 3 fully saturated rings. The van der Waals surface area contributed by atoms with Crippen molar-refractivity contribution in [2.24, 2.45) is 0 Å². The average molecular weight is 302 g/mol. The standard InChI is InChI=1S/C12H13F3N4O2/c13-12(14,15)9-7(11(20)21)5-16-10(17-9)8-6-18-1-3-19(8)4-2-18/h5,8H,1-4,6H2,(H,20,21). The van der Waals surface area contributed by atoms with Crippen molar-refractivity contribution < 1.29 is 23.1 Å². The predicted octanol–water partition coefficient (Wildman–Crippen LogP) is 0.866. The molecule has 3 aliphatic rings. The number of halogens is 3. The lowest BCUT2D eigenvalue weighted by atomic mass is 10.1. The molecule has 4 rings (SSSR count). The van der Waals surface area contributed by atoms with Crippen LogP contribution in [0.1, 0.15) is 27.9 Å². The van der Waals surface area contributed by atoms with Crippen molar-refractivity contribution in [3.8, 4) is 0 Å². The van der Waals surface area contributed by atoms with Crippen molar-refractivity contribution in [2.75, 3.05) is 32.7 Å². The van der Waals surface area contributed by atoms with Gasteiger partial charge in [-0.05, 0) is 0 Å². The Morgan fingerprint density at radius 2 is 1.95 bits per heavy atom. The highest BCUT2D eigenvalue weighted by Gasteiger charge is 2.40. The number of carboxylic acids is 1. The van der Waals surface area contributed by atoms with Gasteiger partial charge in [-0.1, -0.05) is 0 Å². The van der Waals surface area contributed by atoms with Gasteiger partial charge in [0.15, 0.2) is 5.69 Å². The third kappa shape index (κ3) is 2.58. The van der Waals surface area contributed by atoms with Crippen LogP contribution >= 0.6 is 0 Å². The molecular formula is C12H13F3N4O2. The first-order valence-corrected chi connectivity index (χ1v) is 6.50. The normalized spacial score (nSPS) is 28.6. The molecule has 0 saturated carbocycles. The summed E-state index contributed by atoms with van der Waals surface area (Å²) in [6.07, 6.45) is -4.05. The van der Waals surface area contributed by atoms with E-state index in [-0.39, 0.29) is 11.9 Å². The summed E-state index contributed by atoms with van der Waals surface area (Å²) < 4.78 is 38.9. The van der Waals surface area contributed by atoms with Gasteiger partial charge >= 0.3 is 12.1 Å². The summed E-state index contributed by atoms with van der Waals surface area (Å²) in [5.74, 6) is -1.64. The van der Waals surface area contributed by atoms with Gasteiger partial charge in [0.1, 0.15) is 11.4 Å². The zero-order valence-corrected chi connectivity index (χ0v) is 11.0. The summed E-state index contributed by atoms with van der Waals surface area (Å²) in [4.78, 5) is 22.4. The molecule has 1 unspecified atom stereocenters. The van der Waals surface area contributed by atoms with E-state index < -0.39 is 23.4 Å². The van der Waals surface area contributed by atoms with E-state index in [9.17, 15) is 18.0 Å². The summed E-state index contributed by atoms with van der Waals surface area (Å²) >= 11 is 0. The molecular weight excluding hydrogens is 289 g/mol. The monoisotopic (exact) mass is 302 g/mol. The van der Waals surface area contributed by atoms with Crippen LogP contribution in [0.3, 0.4) is 0 Å². The number of carboxylic acid groups (broad SMARTS) is 1. The fourth-order valence-corrected chi connectivity index (χ4v) is 2.79. The third-order valence-electron chi connectivity index (χ3n) is 3.88. The van der Waals surface area contributed by atoms with Crippen LogP contribution in [0.5, 0.6) is 0 Å². The van der Waals surface area contributed by atoms with E-state index in [0.717, 1.165) is 32.4 Å². The molecule has 2 bridgehead atoms. The van der Waals surface area contributed by atoms with E-state index in [1.54, 1.807) is 0 Å². The Kier molecular flexibility index (Phi) is 3.33. The summed E-state index contributed by atoms with van der Waals surface area (Å²) in [5.41, 5.74) is -2.29. The maximum Gasteiger partial charge on any atom is 0.434 e. The molecule has 0 spiro atoms. The first-order chi connectivity index (χ1) is 9.86. The van der Waals surface area contributed by atoms with Crippen LogP contribution in [0.4, 0.5) is 13.2 Å². The quantitative estimate of drug-likeness (QED) is 0.874. The molecule has 114 valence electrons. The van der Waals surface area contributed by atoms with Gasteiger partial charge in [0.2, 0.25) is 0 Å². The van der Waals surface area contributed by atoms with Gasteiger partial charge in [-0.2, -0.15) is 13.2 Å². The van der Waals surface area contributed by atoms with Crippen LogP contribution in [0.2, 0.25) is 0 Å². The molecule has 9 heteroatoms. The highest BCUT2D eigenvalue weighted by molar-refractivity contribution is 5.88. The first kappa shape index (κ1) is 14.2. The molecule has 0 aliphatic carbocycles. The Labute approximate surface area is 118 Å². The summed E-state index contributed by atoms with van der Waals surface area (Å²) in [6, 6.07) is -0.309. The largest absolute Gasteiger partial charge is 0.478 e. The molecule has 0 radical (unpaired) electrons. The molecule has 1 atom stereocenters. The topological polar surface area (TPSA) is 69.6 Å². The SMILES string of the molecule is O=C(O)c1cnc(C2CN3CCN2CC3)nc1C(F)(F)F. The minimum Gasteiger partial charge on any atom is -0.478 e. The Hall–Kier alpha value is -1.74. The summed E-state index contributed by atoms with van der Waals surface area (Å²) in [5, 5.41) is 8.84. The Bertz CT molecular complexity index is 570. The van der Waals surface area contributed by atoms with Crippen molar-refractivity contribution in [2.45, 2.75) is 12.2 Å². The van der Waals surface area contributed by atoms with Crippen molar-refractivity contribution in [1.82, 2.24) is 19.8 Å². The number of carbonyl (C=O) groups is 1. The van der Waals surface area contributed by atoms with E-state index >= 15 is 0 Å². The number of aromatic carboxylic acids is 1. The molecule has 6 nitrogen and oxygen atoms in total. The lowest BCUT2D eigenvalue weighted by Gasteiger charge is -2.46. The minimum atomic E-state index is -4.81. The minimum absolute atomic E-state index is 0.0386. The number of alkyl halides is 3. The van der Waals surface area contributed by atoms with Gasteiger partial charge in [-0.15, -0.1) is 0 Å². The second kappa shape index (κ2) is 4.92. The Balaban J connectivity index is 1.99. The molecule has 3 saturated heterocycles. The van der Waals surface area contributed by atoms with E-state index in [1.165, 1.54) is 0 Å². The number of rotatable bonds is 2. The van der Waals surface area contributed by atoms with Gasteiger partial charge < -0.3 is 5.11 Å². The van der Waals surface area contributed by atoms with E-state index in [2.05, 4.69) is 14.9 Å². The van der Waals surface area contributed by atoms with E-state index in [4.69, 9.17) is 5.11 Å². The van der Waals surface area contributed by atoms with Crippen molar-refractivity contribution in [3.05, 3.63) is 23.3 Å². The highest BCUT2D eigenvalue weighted by Crippen LogP contribution is 2.33. The molecule has 21 heavy (non-hydrogen) atoms. The lowest BCUT2D eigenvalue weighted by Crippen LogP contribution is -2.57.